The molecule has 7 aromatic heterocycles. The molecule has 0 aliphatic carbocycles. The van der Waals surface area contributed by atoms with Crippen LogP contribution in [-0.4, -0.2) is 105 Å². The number of anilines is 2. The highest BCUT2D eigenvalue weighted by atomic mass is 19.4. The number of carbonyl (C=O) groups excluding carboxylic acids is 3. The van der Waals surface area contributed by atoms with Gasteiger partial charge in [-0.25, -0.2) is 24.1 Å². The van der Waals surface area contributed by atoms with Crippen LogP contribution in [-0.2, 0) is 24.0 Å². The van der Waals surface area contributed by atoms with Gasteiger partial charge in [0.25, 0.3) is 11.8 Å². The van der Waals surface area contributed by atoms with Crippen LogP contribution in [0.4, 0.5) is 38.4 Å². The van der Waals surface area contributed by atoms with E-state index in [1.807, 2.05) is 55.9 Å². The minimum atomic E-state index is -4.66. The van der Waals surface area contributed by atoms with Crippen LogP contribution < -0.4 is 20.4 Å². The van der Waals surface area contributed by atoms with Crippen LogP contribution in [0.2, 0.25) is 0 Å². The van der Waals surface area contributed by atoms with Crippen molar-refractivity contribution in [3.63, 3.8) is 0 Å². The SMILES string of the molecule is CC.CN(C)c1ccc(-c2ccc(C(=O)NCc3ccc(-c4ccnc(F)c4)nc3)cn2)cn1.COC(=O)N1CCN(c2ccc(C(=O)NCc3cnc(-c4ccnc(C(F)(F)F)c4)c(F)c3)cn2)CC1.[HH].[HH]. The second-order valence-electron chi connectivity index (χ2n) is 15.5. The molecule has 3 amide bonds. The lowest BCUT2D eigenvalue weighted by molar-refractivity contribution is -0.141. The molecule has 8 rings (SSSR count). The Balaban J connectivity index is 0.000000301. The molecule has 7 aromatic rings. The van der Waals surface area contributed by atoms with E-state index < -0.39 is 29.5 Å². The molecule has 2 N–H and O–H groups in total. The molecule has 1 aliphatic heterocycles. The fraction of sp³-hybridized carbons (Fsp3) is 0.240. The molecule has 16 nitrogen and oxygen atoms in total. The van der Waals surface area contributed by atoms with Crippen molar-refractivity contribution in [1.29, 1.82) is 0 Å². The lowest BCUT2D eigenvalue weighted by Gasteiger charge is -2.34. The Morgan fingerprint density at radius 2 is 1.27 bits per heavy atom. The number of pyridine rings is 7. The van der Waals surface area contributed by atoms with Crippen LogP contribution in [0.25, 0.3) is 33.8 Å². The van der Waals surface area contributed by atoms with Gasteiger partial charge < -0.3 is 30.1 Å². The minimum Gasteiger partial charge on any atom is -0.453 e. The number of alkyl halides is 3. The van der Waals surface area contributed by atoms with Gasteiger partial charge >= 0.3 is 12.3 Å². The molecule has 0 atom stereocenters. The van der Waals surface area contributed by atoms with Gasteiger partial charge in [0.1, 0.15) is 28.8 Å². The summed E-state index contributed by atoms with van der Waals surface area (Å²) in [7, 11) is 5.20. The molecule has 0 radical (unpaired) electrons. The Morgan fingerprint density at radius 1 is 0.648 bits per heavy atom. The van der Waals surface area contributed by atoms with Crippen LogP contribution in [0, 0.1) is 11.8 Å². The summed E-state index contributed by atoms with van der Waals surface area (Å²) in [6, 6.07) is 20.4. The minimum absolute atomic E-state index is 0. The second-order valence-corrected chi connectivity index (χ2v) is 15.5. The third-order valence-electron chi connectivity index (χ3n) is 10.5. The van der Waals surface area contributed by atoms with Crippen molar-refractivity contribution in [1.82, 2.24) is 50.4 Å². The predicted octanol–water partition coefficient (Wildman–Crippen LogP) is 8.77. The number of carbonyl (C=O) groups is 3. The summed E-state index contributed by atoms with van der Waals surface area (Å²) >= 11 is 0. The van der Waals surface area contributed by atoms with Crippen molar-refractivity contribution in [2.24, 2.45) is 0 Å². The van der Waals surface area contributed by atoms with Gasteiger partial charge in [-0.05, 0) is 77.9 Å². The molecular formula is C50H53F5N12O4. The van der Waals surface area contributed by atoms with E-state index in [2.05, 4.69) is 45.5 Å². The lowest BCUT2D eigenvalue weighted by Crippen LogP contribution is -2.49. The lowest BCUT2D eigenvalue weighted by atomic mass is 10.1. The number of amides is 3. The smallest absolute Gasteiger partial charge is 0.433 e. The van der Waals surface area contributed by atoms with Crippen LogP contribution in [0.3, 0.4) is 0 Å². The Hall–Kier alpha value is -8.49. The highest BCUT2D eigenvalue weighted by Crippen LogP contribution is 2.31. The number of methoxy groups -OCH3 is 1. The standard InChI is InChI=1S/C24H22F4N6O3.C24H21FN6O.C2H6.2H2/c1-37-23(36)34-8-6-33(7-9-34)20-3-2-17(14-30-20)22(35)32-13-15-10-18(25)21(31-12-15)16-4-5-29-19(11-16)24(26,27)28;1-31(2)23-8-5-18(14-29-23)21-7-4-19(15-28-21)24(32)30-13-16-3-6-20(27-12-16)17-9-10-26-22(25)11-17;1-2;;/h2-5,10-12,14H,6-9,13H2,1H3,(H,32,35);3-12,14-15H,13H2,1-2H3,(H,30,32);1-2H3;2*1H. The fourth-order valence-corrected chi connectivity index (χ4v) is 6.81. The third-order valence-corrected chi connectivity index (χ3v) is 10.5. The van der Waals surface area contributed by atoms with E-state index in [-0.39, 0.29) is 32.7 Å². The summed E-state index contributed by atoms with van der Waals surface area (Å²) < 4.78 is 71.3. The highest BCUT2D eigenvalue weighted by molar-refractivity contribution is 5.94. The number of hydrogen-bond donors (Lipinski definition) is 2. The highest BCUT2D eigenvalue weighted by Gasteiger charge is 2.33. The van der Waals surface area contributed by atoms with Crippen molar-refractivity contribution in [2.45, 2.75) is 33.1 Å². The first kappa shape index (κ1) is 51.9. The van der Waals surface area contributed by atoms with Gasteiger partial charge in [-0.3, -0.25) is 29.5 Å². The van der Waals surface area contributed by atoms with Crippen molar-refractivity contribution >= 4 is 29.5 Å². The molecule has 1 saturated heterocycles. The van der Waals surface area contributed by atoms with E-state index in [0.29, 0.717) is 66.5 Å². The Morgan fingerprint density at radius 3 is 1.83 bits per heavy atom. The molecule has 1 fully saturated rings. The number of hydrogen-bond acceptors (Lipinski definition) is 13. The van der Waals surface area contributed by atoms with Gasteiger partial charge in [-0.1, -0.05) is 19.9 Å². The second kappa shape index (κ2) is 24.2. The molecule has 0 aromatic carbocycles. The topological polar surface area (TPSA) is 184 Å². The quantitative estimate of drug-likeness (QED) is 0.0927. The summed E-state index contributed by atoms with van der Waals surface area (Å²) in [6.45, 7) is 6.38. The van der Waals surface area contributed by atoms with Crippen molar-refractivity contribution in [2.75, 3.05) is 57.2 Å². The zero-order chi connectivity index (χ0) is 51.1. The van der Waals surface area contributed by atoms with Crippen LogP contribution in [0.15, 0.2) is 122 Å². The van der Waals surface area contributed by atoms with Gasteiger partial charge in [0.05, 0.1) is 29.6 Å². The first-order valence-electron chi connectivity index (χ1n) is 22.1. The number of nitrogens with zero attached hydrogens (tertiary/aromatic N) is 10. The maximum atomic E-state index is 14.6. The van der Waals surface area contributed by atoms with Crippen LogP contribution >= 0.6 is 0 Å². The number of nitrogens with one attached hydrogen (secondary N) is 2. The summed E-state index contributed by atoms with van der Waals surface area (Å²) in [5, 5.41) is 5.49. The molecule has 0 spiro atoms. The number of halogens is 5. The van der Waals surface area contributed by atoms with Gasteiger partial charge in [-0.2, -0.15) is 17.6 Å². The molecule has 0 bridgehead atoms. The zero-order valence-electron chi connectivity index (χ0n) is 39.3. The number of piperazine rings is 1. The Bertz CT molecular complexity index is 2900. The molecule has 21 heteroatoms. The molecule has 71 heavy (non-hydrogen) atoms. The van der Waals surface area contributed by atoms with E-state index in [1.165, 1.54) is 37.8 Å². The molecular weight excluding hydrogens is 928 g/mol. The Labute approximate surface area is 409 Å². The van der Waals surface area contributed by atoms with E-state index in [0.717, 1.165) is 41.0 Å². The maximum absolute atomic E-state index is 14.6. The normalized spacial score (nSPS) is 12.1. The predicted molar refractivity (Wildman–Crippen MR) is 260 cm³/mol. The average molecular weight is 981 g/mol. The molecule has 372 valence electrons. The summed E-state index contributed by atoms with van der Waals surface area (Å²) in [5.74, 6) is -0.534. The molecule has 0 unspecified atom stereocenters. The molecule has 8 heterocycles. The number of rotatable bonds is 11. The molecule has 0 saturated carbocycles. The molecule has 1 aliphatic rings. The van der Waals surface area contributed by atoms with Crippen LogP contribution in [0.5, 0.6) is 0 Å². The summed E-state index contributed by atoms with van der Waals surface area (Å²) in [5.41, 5.74) is 3.34. The number of ether oxygens (including phenoxy) is 1. The average Bonchev–Trinajstić information content (AvgIpc) is 3.40. The Kier molecular flexibility index (Phi) is 17.7. The first-order chi connectivity index (χ1) is 34.1. The number of aromatic nitrogens is 7. The largest absolute Gasteiger partial charge is 0.453 e. The van der Waals surface area contributed by atoms with Crippen LogP contribution in [0.1, 0.15) is 54.2 Å². The summed E-state index contributed by atoms with van der Waals surface area (Å²) in [6.07, 6.45) is 4.95. The maximum Gasteiger partial charge on any atom is 0.433 e. The summed E-state index contributed by atoms with van der Waals surface area (Å²) in [4.78, 5) is 70.3. The van der Waals surface area contributed by atoms with Gasteiger partial charge in [-0.15, -0.1) is 0 Å². The van der Waals surface area contributed by atoms with E-state index >= 15 is 0 Å². The first-order valence-corrected chi connectivity index (χ1v) is 22.1. The van der Waals surface area contributed by atoms with Gasteiger partial charge in [0, 0.05) is 122 Å². The zero-order valence-corrected chi connectivity index (χ0v) is 39.3. The van der Waals surface area contributed by atoms with E-state index in [4.69, 9.17) is 4.74 Å². The third kappa shape index (κ3) is 14.1. The van der Waals surface area contributed by atoms with Crippen molar-refractivity contribution in [3.05, 3.63) is 162 Å². The van der Waals surface area contributed by atoms with Gasteiger partial charge in [0.15, 0.2) is 0 Å². The monoisotopic (exact) mass is 980 g/mol. The fourth-order valence-electron chi connectivity index (χ4n) is 6.81. The van der Waals surface area contributed by atoms with Crippen molar-refractivity contribution in [3.8, 4) is 33.8 Å². The van der Waals surface area contributed by atoms with Crippen molar-refractivity contribution < 1.29 is 43.9 Å². The van der Waals surface area contributed by atoms with Gasteiger partial charge in [0.2, 0.25) is 5.95 Å². The van der Waals surface area contributed by atoms with E-state index in [1.54, 1.807) is 59.9 Å². The van der Waals surface area contributed by atoms with E-state index in [9.17, 15) is 36.3 Å².